The van der Waals surface area contributed by atoms with E-state index in [9.17, 15) is 9.59 Å². The Balaban J connectivity index is 2.38. The van der Waals surface area contributed by atoms with Crippen LogP contribution in [0.25, 0.3) is 0 Å². The molecule has 1 aromatic rings. The highest BCUT2D eigenvalue weighted by molar-refractivity contribution is 6.14. The molecule has 17 heavy (non-hydrogen) atoms. The summed E-state index contributed by atoms with van der Waals surface area (Å²) in [5, 5.41) is 0. The predicted molar refractivity (Wildman–Crippen MR) is 65.8 cm³/mol. The van der Waals surface area contributed by atoms with E-state index >= 15 is 0 Å². The molecule has 1 aliphatic rings. The molecule has 1 heterocycles. The molecule has 1 saturated heterocycles. The summed E-state index contributed by atoms with van der Waals surface area (Å²) in [5.41, 5.74) is 0.765. The van der Waals surface area contributed by atoms with E-state index in [0.29, 0.717) is 0 Å². The Hall–Kier alpha value is -1.84. The van der Waals surface area contributed by atoms with Crippen molar-refractivity contribution in [2.45, 2.75) is 32.9 Å². The minimum atomic E-state index is -0.424. The Morgan fingerprint density at radius 2 is 1.71 bits per heavy atom. The quantitative estimate of drug-likeness (QED) is 0.734. The van der Waals surface area contributed by atoms with Gasteiger partial charge in [-0.05, 0) is 32.9 Å². The summed E-state index contributed by atoms with van der Waals surface area (Å²) in [5.74, 6) is -0.131. The summed E-state index contributed by atoms with van der Waals surface area (Å²) < 4.78 is 0. The van der Waals surface area contributed by atoms with Crippen LogP contribution in [0.2, 0.25) is 0 Å². The van der Waals surface area contributed by atoms with Gasteiger partial charge in [-0.3, -0.25) is 14.6 Å². The molecular weight excluding hydrogens is 216 g/mol. The van der Waals surface area contributed by atoms with Crippen LogP contribution in [0.3, 0.4) is 0 Å². The number of benzene rings is 1. The first kappa shape index (κ1) is 11.6. The van der Waals surface area contributed by atoms with Crippen molar-refractivity contribution in [1.29, 1.82) is 0 Å². The standard InChI is InChI=1S/C13H16N2O2/c1-9(2)14-12(16)10(3)15(13(14)17)11-7-5-4-6-8-11/h4-10H,1-3H3. The molecule has 2 rings (SSSR count). The number of amides is 3. The van der Waals surface area contributed by atoms with Gasteiger partial charge in [0.1, 0.15) is 6.04 Å². The van der Waals surface area contributed by atoms with Gasteiger partial charge in [-0.2, -0.15) is 0 Å². The molecule has 0 spiro atoms. The fraction of sp³-hybridized carbons (Fsp3) is 0.385. The van der Waals surface area contributed by atoms with Crippen LogP contribution in [0.15, 0.2) is 30.3 Å². The molecule has 0 bridgehead atoms. The molecular formula is C13H16N2O2. The van der Waals surface area contributed by atoms with Crippen molar-refractivity contribution in [3.05, 3.63) is 30.3 Å². The number of anilines is 1. The smallest absolute Gasteiger partial charge is 0.282 e. The van der Waals surface area contributed by atoms with E-state index in [1.54, 1.807) is 11.8 Å². The number of hydrogen-bond donors (Lipinski definition) is 0. The van der Waals surface area contributed by atoms with Crippen molar-refractivity contribution in [2.75, 3.05) is 4.90 Å². The molecule has 0 radical (unpaired) electrons. The van der Waals surface area contributed by atoms with Crippen LogP contribution in [0.1, 0.15) is 20.8 Å². The van der Waals surface area contributed by atoms with Gasteiger partial charge in [0.25, 0.3) is 5.91 Å². The second-order valence-corrected chi connectivity index (χ2v) is 4.47. The van der Waals surface area contributed by atoms with E-state index in [0.717, 1.165) is 5.69 Å². The summed E-state index contributed by atoms with van der Waals surface area (Å²) >= 11 is 0. The van der Waals surface area contributed by atoms with Gasteiger partial charge in [0.15, 0.2) is 0 Å². The van der Waals surface area contributed by atoms with Crippen molar-refractivity contribution in [2.24, 2.45) is 0 Å². The predicted octanol–water partition coefficient (Wildman–Crippen LogP) is 2.25. The Morgan fingerprint density at radius 3 is 2.18 bits per heavy atom. The Labute approximate surface area is 101 Å². The van der Waals surface area contributed by atoms with Gasteiger partial charge >= 0.3 is 6.03 Å². The summed E-state index contributed by atoms with van der Waals surface area (Å²) in [6.07, 6.45) is 0. The molecule has 4 heteroatoms. The lowest BCUT2D eigenvalue weighted by Crippen LogP contribution is -2.38. The van der Waals surface area contributed by atoms with Gasteiger partial charge in [0.05, 0.1) is 0 Å². The van der Waals surface area contributed by atoms with Crippen LogP contribution in [-0.2, 0) is 4.79 Å². The number of carbonyl (C=O) groups is 2. The summed E-state index contributed by atoms with van der Waals surface area (Å²) in [7, 11) is 0. The zero-order valence-electron chi connectivity index (χ0n) is 10.3. The molecule has 1 fully saturated rings. The second kappa shape index (κ2) is 4.20. The van der Waals surface area contributed by atoms with Crippen LogP contribution in [0.4, 0.5) is 10.5 Å². The molecule has 3 amide bonds. The molecule has 0 N–H and O–H groups in total. The summed E-state index contributed by atoms with van der Waals surface area (Å²) in [6, 6.07) is 8.52. The minimum absolute atomic E-state index is 0.105. The summed E-state index contributed by atoms with van der Waals surface area (Å²) in [4.78, 5) is 27.1. The number of nitrogens with zero attached hydrogens (tertiary/aromatic N) is 2. The van der Waals surface area contributed by atoms with E-state index in [2.05, 4.69) is 0 Å². The molecule has 1 unspecified atom stereocenters. The van der Waals surface area contributed by atoms with E-state index in [1.807, 2.05) is 44.2 Å². The van der Waals surface area contributed by atoms with Gasteiger partial charge in [0, 0.05) is 11.7 Å². The SMILES string of the molecule is CC(C)N1C(=O)C(C)N(c2ccccc2)C1=O. The number of hydrogen-bond acceptors (Lipinski definition) is 2. The largest absolute Gasteiger partial charge is 0.332 e. The van der Waals surface area contributed by atoms with Crippen LogP contribution in [-0.4, -0.2) is 28.9 Å². The fourth-order valence-electron chi connectivity index (χ4n) is 2.09. The lowest BCUT2D eigenvalue weighted by Gasteiger charge is -2.20. The zero-order valence-corrected chi connectivity index (χ0v) is 10.3. The van der Waals surface area contributed by atoms with Crippen LogP contribution < -0.4 is 4.90 Å². The topological polar surface area (TPSA) is 40.6 Å². The first-order valence-corrected chi connectivity index (χ1v) is 5.75. The number of carbonyl (C=O) groups excluding carboxylic acids is 2. The molecule has 1 atom stereocenters. The Morgan fingerprint density at radius 1 is 1.12 bits per heavy atom. The van der Waals surface area contributed by atoms with Crippen molar-refractivity contribution < 1.29 is 9.59 Å². The Bertz CT molecular complexity index is 442. The maximum absolute atomic E-state index is 12.2. The van der Waals surface area contributed by atoms with Gasteiger partial charge < -0.3 is 0 Å². The monoisotopic (exact) mass is 232 g/mol. The van der Waals surface area contributed by atoms with E-state index in [-0.39, 0.29) is 18.0 Å². The van der Waals surface area contributed by atoms with E-state index in [1.165, 1.54) is 4.90 Å². The van der Waals surface area contributed by atoms with E-state index < -0.39 is 6.04 Å². The van der Waals surface area contributed by atoms with Crippen molar-refractivity contribution in [3.8, 4) is 0 Å². The zero-order chi connectivity index (χ0) is 12.6. The molecule has 0 aromatic heterocycles. The molecule has 0 saturated carbocycles. The third-order valence-electron chi connectivity index (χ3n) is 2.95. The third-order valence-corrected chi connectivity index (χ3v) is 2.95. The third kappa shape index (κ3) is 1.79. The molecule has 90 valence electrons. The van der Waals surface area contributed by atoms with Gasteiger partial charge in [-0.25, -0.2) is 4.79 Å². The van der Waals surface area contributed by atoms with Crippen LogP contribution in [0.5, 0.6) is 0 Å². The average Bonchev–Trinajstić information content (AvgIpc) is 2.51. The maximum atomic E-state index is 12.2. The van der Waals surface area contributed by atoms with Crippen molar-refractivity contribution >= 4 is 17.6 Å². The second-order valence-electron chi connectivity index (χ2n) is 4.47. The van der Waals surface area contributed by atoms with Gasteiger partial charge in [-0.1, -0.05) is 18.2 Å². The molecule has 1 aromatic carbocycles. The molecule has 0 aliphatic carbocycles. The van der Waals surface area contributed by atoms with Gasteiger partial charge in [-0.15, -0.1) is 0 Å². The average molecular weight is 232 g/mol. The maximum Gasteiger partial charge on any atom is 0.332 e. The highest BCUT2D eigenvalue weighted by Gasteiger charge is 2.44. The number of urea groups is 1. The highest BCUT2D eigenvalue weighted by Crippen LogP contribution is 2.26. The fourth-order valence-corrected chi connectivity index (χ4v) is 2.09. The van der Waals surface area contributed by atoms with Crippen LogP contribution >= 0.6 is 0 Å². The first-order valence-electron chi connectivity index (χ1n) is 5.75. The van der Waals surface area contributed by atoms with E-state index in [4.69, 9.17) is 0 Å². The Kier molecular flexibility index (Phi) is 2.88. The van der Waals surface area contributed by atoms with Crippen molar-refractivity contribution in [3.63, 3.8) is 0 Å². The van der Waals surface area contributed by atoms with Crippen LogP contribution in [0, 0.1) is 0 Å². The number of rotatable bonds is 2. The lowest BCUT2D eigenvalue weighted by atomic mass is 10.2. The summed E-state index contributed by atoms with van der Waals surface area (Å²) in [6.45, 7) is 5.45. The normalized spacial score (nSPS) is 20.6. The van der Waals surface area contributed by atoms with Gasteiger partial charge in [0.2, 0.25) is 0 Å². The lowest BCUT2D eigenvalue weighted by molar-refractivity contribution is -0.128. The number of para-hydroxylation sites is 1. The van der Waals surface area contributed by atoms with Crippen molar-refractivity contribution in [1.82, 2.24) is 4.90 Å². The highest BCUT2D eigenvalue weighted by atomic mass is 16.2. The minimum Gasteiger partial charge on any atom is -0.282 e. The first-order chi connectivity index (χ1) is 8.04. The number of imide groups is 1. The molecule has 1 aliphatic heterocycles. The molecule has 4 nitrogen and oxygen atoms in total.